The Hall–Kier alpha value is -2.86. The van der Waals surface area contributed by atoms with Gasteiger partial charge in [0, 0.05) is 13.0 Å². The maximum atomic E-state index is 9.41. The molecule has 118 valence electrons. The average Bonchev–Trinajstić information content (AvgIpc) is 2.99. The zero-order valence-corrected chi connectivity index (χ0v) is 12.6. The number of benzene rings is 2. The minimum absolute atomic E-state index is 0.210. The maximum absolute atomic E-state index is 9.41. The van der Waals surface area contributed by atoms with Crippen molar-refractivity contribution in [3.8, 4) is 17.2 Å². The van der Waals surface area contributed by atoms with Crippen molar-refractivity contribution in [1.82, 2.24) is 15.0 Å². The van der Waals surface area contributed by atoms with E-state index in [-0.39, 0.29) is 5.75 Å². The van der Waals surface area contributed by atoms with E-state index in [1.807, 2.05) is 30.3 Å². The van der Waals surface area contributed by atoms with Crippen LogP contribution in [0, 0.1) is 0 Å². The van der Waals surface area contributed by atoms with Crippen LogP contribution in [0.5, 0.6) is 11.5 Å². The number of phenols is 1. The number of ether oxygens (including phenoxy) is 1. The van der Waals surface area contributed by atoms with Gasteiger partial charge < -0.3 is 15.6 Å². The normalized spacial score (nSPS) is 10.7. The molecule has 0 fully saturated rings. The predicted molar refractivity (Wildman–Crippen MR) is 86.6 cm³/mol. The van der Waals surface area contributed by atoms with Gasteiger partial charge in [-0.05, 0) is 36.4 Å². The number of aromatic nitrogens is 3. The molecule has 0 aliphatic carbocycles. The van der Waals surface area contributed by atoms with Gasteiger partial charge in [0.05, 0.1) is 18.0 Å². The molecule has 3 N–H and O–H groups in total. The van der Waals surface area contributed by atoms with E-state index in [2.05, 4.69) is 10.3 Å². The molecular formula is C17H18N4O2. The first-order valence-corrected chi connectivity index (χ1v) is 7.38. The SMILES string of the molecule is NCc1nnn(-c2ccc(O)cc2)c1CCOc1ccccc1. The summed E-state index contributed by atoms with van der Waals surface area (Å²) < 4.78 is 7.47. The second-order valence-electron chi connectivity index (χ2n) is 5.03. The lowest BCUT2D eigenvalue weighted by atomic mass is 10.2. The zero-order chi connectivity index (χ0) is 16.1. The van der Waals surface area contributed by atoms with E-state index in [1.165, 1.54) is 0 Å². The van der Waals surface area contributed by atoms with Crippen LogP contribution in [0.1, 0.15) is 11.4 Å². The smallest absolute Gasteiger partial charge is 0.119 e. The van der Waals surface area contributed by atoms with E-state index >= 15 is 0 Å². The van der Waals surface area contributed by atoms with Crippen LogP contribution in [0.2, 0.25) is 0 Å². The van der Waals surface area contributed by atoms with Gasteiger partial charge in [0.15, 0.2) is 0 Å². The first kappa shape index (κ1) is 15.1. The molecule has 0 saturated carbocycles. The number of aromatic hydroxyl groups is 1. The predicted octanol–water partition coefficient (Wildman–Crippen LogP) is 2.05. The first-order valence-electron chi connectivity index (χ1n) is 7.38. The topological polar surface area (TPSA) is 86.2 Å². The Morgan fingerprint density at radius 2 is 1.78 bits per heavy atom. The molecule has 3 aromatic rings. The molecule has 23 heavy (non-hydrogen) atoms. The summed E-state index contributed by atoms with van der Waals surface area (Å²) >= 11 is 0. The lowest BCUT2D eigenvalue weighted by Gasteiger charge is -2.09. The van der Waals surface area contributed by atoms with Crippen molar-refractivity contribution in [3.05, 3.63) is 66.0 Å². The van der Waals surface area contributed by atoms with E-state index in [0.717, 1.165) is 22.8 Å². The van der Waals surface area contributed by atoms with Gasteiger partial charge in [-0.15, -0.1) is 5.10 Å². The molecular weight excluding hydrogens is 292 g/mol. The Bertz CT molecular complexity index is 754. The summed E-state index contributed by atoms with van der Waals surface area (Å²) in [5.41, 5.74) is 8.23. The highest BCUT2D eigenvalue weighted by Crippen LogP contribution is 2.17. The third-order valence-corrected chi connectivity index (χ3v) is 3.48. The van der Waals surface area contributed by atoms with Gasteiger partial charge in [0.1, 0.15) is 17.2 Å². The number of hydrogen-bond acceptors (Lipinski definition) is 5. The number of hydrogen-bond donors (Lipinski definition) is 2. The van der Waals surface area contributed by atoms with Crippen molar-refractivity contribution in [1.29, 1.82) is 0 Å². The summed E-state index contributed by atoms with van der Waals surface area (Å²) in [5.74, 6) is 1.03. The monoisotopic (exact) mass is 310 g/mol. The molecule has 0 saturated heterocycles. The maximum Gasteiger partial charge on any atom is 0.119 e. The highest BCUT2D eigenvalue weighted by atomic mass is 16.5. The molecule has 6 nitrogen and oxygen atoms in total. The van der Waals surface area contributed by atoms with Gasteiger partial charge in [0.2, 0.25) is 0 Å². The molecule has 0 radical (unpaired) electrons. The molecule has 0 aliphatic heterocycles. The van der Waals surface area contributed by atoms with Crippen LogP contribution in [-0.4, -0.2) is 26.7 Å². The first-order chi connectivity index (χ1) is 11.3. The molecule has 3 rings (SSSR count). The molecule has 0 unspecified atom stereocenters. The highest BCUT2D eigenvalue weighted by molar-refractivity contribution is 5.38. The summed E-state index contributed by atoms with van der Waals surface area (Å²) in [7, 11) is 0. The molecule has 0 aliphatic rings. The minimum atomic E-state index is 0.210. The molecule has 0 atom stereocenters. The van der Waals surface area contributed by atoms with Crippen LogP contribution in [0.3, 0.4) is 0 Å². The van der Waals surface area contributed by atoms with Crippen molar-refractivity contribution in [2.75, 3.05) is 6.61 Å². The molecule has 0 spiro atoms. The molecule has 0 bridgehead atoms. The molecule has 0 amide bonds. The van der Waals surface area contributed by atoms with Crippen molar-refractivity contribution in [3.63, 3.8) is 0 Å². The lowest BCUT2D eigenvalue weighted by molar-refractivity contribution is 0.319. The third kappa shape index (κ3) is 3.49. The molecule has 1 heterocycles. The fourth-order valence-electron chi connectivity index (χ4n) is 2.33. The average molecular weight is 310 g/mol. The van der Waals surface area contributed by atoms with Crippen LogP contribution in [0.15, 0.2) is 54.6 Å². The van der Waals surface area contributed by atoms with Crippen LogP contribution in [0.25, 0.3) is 5.69 Å². The number of nitrogens with zero attached hydrogens (tertiary/aromatic N) is 3. The number of nitrogens with two attached hydrogens (primary N) is 1. The summed E-state index contributed by atoms with van der Waals surface area (Å²) in [4.78, 5) is 0. The van der Waals surface area contributed by atoms with Crippen molar-refractivity contribution in [2.24, 2.45) is 5.73 Å². The number of phenolic OH excluding ortho intramolecular Hbond substituents is 1. The summed E-state index contributed by atoms with van der Waals surface area (Å²) in [6.45, 7) is 0.821. The second kappa shape index (κ2) is 6.93. The summed E-state index contributed by atoms with van der Waals surface area (Å²) in [6, 6.07) is 16.4. The summed E-state index contributed by atoms with van der Waals surface area (Å²) in [6.07, 6.45) is 0.634. The molecule has 1 aromatic heterocycles. The number of rotatable bonds is 6. The van der Waals surface area contributed by atoms with E-state index in [9.17, 15) is 5.11 Å². The van der Waals surface area contributed by atoms with Crippen molar-refractivity contribution < 1.29 is 9.84 Å². The van der Waals surface area contributed by atoms with Gasteiger partial charge in [-0.3, -0.25) is 0 Å². The van der Waals surface area contributed by atoms with Gasteiger partial charge in [-0.1, -0.05) is 23.4 Å². The lowest BCUT2D eigenvalue weighted by Crippen LogP contribution is -2.11. The molecule has 6 heteroatoms. The van der Waals surface area contributed by atoms with Gasteiger partial charge in [0.25, 0.3) is 0 Å². The second-order valence-corrected chi connectivity index (χ2v) is 5.03. The Morgan fingerprint density at radius 1 is 1.04 bits per heavy atom. The Kier molecular flexibility index (Phi) is 4.54. The van der Waals surface area contributed by atoms with E-state index < -0.39 is 0 Å². The Balaban J connectivity index is 1.77. The summed E-state index contributed by atoms with van der Waals surface area (Å²) in [5, 5.41) is 17.7. The van der Waals surface area contributed by atoms with Crippen LogP contribution >= 0.6 is 0 Å². The zero-order valence-electron chi connectivity index (χ0n) is 12.6. The Morgan fingerprint density at radius 3 is 2.48 bits per heavy atom. The van der Waals surface area contributed by atoms with Gasteiger partial charge in [-0.25, -0.2) is 4.68 Å². The fourth-order valence-corrected chi connectivity index (χ4v) is 2.33. The van der Waals surface area contributed by atoms with Crippen molar-refractivity contribution in [2.45, 2.75) is 13.0 Å². The quantitative estimate of drug-likeness (QED) is 0.728. The fraction of sp³-hybridized carbons (Fsp3) is 0.176. The Labute approximate surface area is 134 Å². The van der Waals surface area contributed by atoms with Gasteiger partial charge in [-0.2, -0.15) is 0 Å². The van der Waals surface area contributed by atoms with Crippen LogP contribution in [0.4, 0.5) is 0 Å². The van der Waals surface area contributed by atoms with Crippen LogP contribution in [-0.2, 0) is 13.0 Å². The standard InChI is InChI=1S/C17H18N4O2/c18-12-16-17(10-11-23-15-4-2-1-3-5-15)21(20-19-16)13-6-8-14(22)9-7-13/h1-9,22H,10-12,18H2. The van der Waals surface area contributed by atoms with E-state index in [0.29, 0.717) is 19.6 Å². The third-order valence-electron chi connectivity index (χ3n) is 3.48. The molecule has 2 aromatic carbocycles. The number of para-hydroxylation sites is 1. The van der Waals surface area contributed by atoms with Crippen LogP contribution < -0.4 is 10.5 Å². The van der Waals surface area contributed by atoms with E-state index in [4.69, 9.17) is 10.5 Å². The van der Waals surface area contributed by atoms with Crippen molar-refractivity contribution >= 4 is 0 Å². The largest absolute Gasteiger partial charge is 0.508 e. The van der Waals surface area contributed by atoms with E-state index in [1.54, 1.807) is 28.9 Å². The van der Waals surface area contributed by atoms with Gasteiger partial charge >= 0.3 is 0 Å². The minimum Gasteiger partial charge on any atom is -0.508 e. The highest BCUT2D eigenvalue weighted by Gasteiger charge is 2.13.